The Labute approximate surface area is 153 Å². The quantitative estimate of drug-likeness (QED) is 0.729. The van der Waals surface area contributed by atoms with Gasteiger partial charge in [-0.2, -0.15) is 0 Å². The Morgan fingerprint density at radius 2 is 2.00 bits per heavy atom. The number of rotatable bonds is 4. The third kappa shape index (κ3) is 2.78. The molecule has 1 atom stereocenters. The number of benzene rings is 2. The number of imidazole rings is 1. The van der Waals surface area contributed by atoms with Gasteiger partial charge in [0.2, 0.25) is 0 Å². The molecule has 1 N–H and O–H groups in total. The summed E-state index contributed by atoms with van der Waals surface area (Å²) in [5.41, 5.74) is 1.63. The van der Waals surface area contributed by atoms with Crippen LogP contribution in [0.3, 0.4) is 0 Å². The van der Waals surface area contributed by atoms with Crippen molar-refractivity contribution in [3.05, 3.63) is 65.2 Å². The molecule has 0 saturated carbocycles. The van der Waals surface area contributed by atoms with Gasteiger partial charge in [-0.05, 0) is 46.9 Å². The van der Waals surface area contributed by atoms with Crippen molar-refractivity contribution >= 4 is 16.7 Å². The Morgan fingerprint density at radius 1 is 1.27 bits per heavy atom. The number of carbonyl (C=O) groups excluding carboxylic acids is 1. The van der Waals surface area contributed by atoms with E-state index in [2.05, 4.69) is 4.98 Å². The summed E-state index contributed by atoms with van der Waals surface area (Å²) in [7, 11) is 3.26. The molecule has 1 unspecified atom stereocenters. The molecule has 1 aromatic heterocycles. The van der Waals surface area contributed by atoms with Crippen LogP contribution in [0.15, 0.2) is 42.9 Å². The van der Waals surface area contributed by atoms with Crippen molar-refractivity contribution in [2.24, 2.45) is 13.0 Å². The molecule has 0 fully saturated rings. The molecule has 0 aliphatic carbocycles. The summed E-state index contributed by atoms with van der Waals surface area (Å²) in [4.78, 5) is 16.3. The molecule has 3 rings (SSSR count). The van der Waals surface area contributed by atoms with Gasteiger partial charge in [0.15, 0.2) is 0 Å². The van der Waals surface area contributed by atoms with Crippen molar-refractivity contribution in [1.82, 2.24) is 9.55 Å². The zero-order valence-electron chi connectivity index (χ0n) is 15.8. The highest BCUT2D eigenvalue weighted by Crippen LogP contribution is 2.37. The molecule has 136 valence electrons. The average molecular weight is 352 g/mol. The van der Waals surface area contributed by atoms with Crippen molar-refractivity contribution in [1.29, 1.82) is 0 Å². The van der Waals surface area contributed by atoms with Crippen LogP contribution in [0.25, 0.3) is 10.8 Å². The second-order valence-corrected chi connectivity index (χ2v) is 7.01. The number of ether oxygens (including phenoxy) is 1. The first-order valence-electron chi connectivity index (χ1n) is 8.62. The summed E-state index contributed by atoms with van der Waals surface area (Å²) >= 11 is 0. The highest BCUT2D eigenvalue weighted by Gasteiger charge is 2.37. The molecular weight excluding hydrogens is 328 g/mol. The lowest BCUT2D eigenvalue weighted by Crippen LogP contribution is -2.33. The lowest BCUT2D eigenvalue weighted by molar-refractivity contribution is 0.0280. The van der Waals surface area contributed by atoms with Gasteiger partial charge in [-0.25, -0.2) is 9.78 Å². The van der Waals surface area contributed by atoms with Gasteiger partial charge in [-0.1, -0.05) is 32.0 Å². The van der Waals surface area contributed by atoms with Gasteiger partial charge in [0, 0.05) is 13.2 Å². The van der Waals surface area contributed by atoms with Crippen LogP contribution in [0.2, 0.25) is 0 Å². The number of nitrogens with zero attached hydrogens (tertiary/aromatic N) is 2. The Morgan fingerprint density at radius 3 is 2.58 bits per heavy atom. The van der Waals surface area contributed by atoms with E-state index in [0.29, 0.717) is 11.3 Å². The van der Waals surface area contributed by atoms with Crippen molar-refractivity contribution in [3.63, 3.8) is 0 Å². The lowest BCUT2D eigenvalue weighted by atomic mass is 9.80. The predicted octanol–water partition coefficient (Wildman–Crippen LogP) is 3.56. The van der Waals surface area contributed by atoms with E-state index >= 15 is 0 Å². The minimum Gasteiger partial charge on any atom is -0.465 e. The standard InChI is InChI=1S/C21H24N2O3/c1-13(2)21(25,19-11-23(4)12-22-19)16-7-9-17-14(3)18(20(24)26-5)8-6-15(17)10-16/h6-13,25H,1-5H3. The first kappa shape index (κ1) is 18.1. The van der Waals surface area contributed by atoms with E-state index in [9.17, 15) is 9.90 Å². The van der Waals surface area contributed by atoms with Gasteiger partial charge in [0.1, 0.15) is 5.60 Å². The minimum atomic E-state index is -1.19. The van der Waals surface area contributed by atoms with Crippen LogP contribution in [0.5, 0.6) is 0 Å². The number of hydrogen-bond acceptors (Lipinski definition) is 4. The van der Waals surface area contributed by atoms with Crippen LogP contribution >= 0.6 is 0 Å². The van der Waals surface area contributed by atoms with Gasteiger partial charge in [-0.15, -0.1) is 0 Å². The molecule has 0 aliphatic rings. The largest absolute Gasteiger partial charge is 0.465 e. The predicted molar refractivity (Wildman–Crippen MR) is 101 cm³/mol. The highest BCUT2D eigenvalue weighted by atomic mass is 16.5. The van der Waals surface area contributed by atoms with Crippen LogP contribution in [0, 0.1) is 12.8 Å². The molecule has 26 heavy (non-hydrogen) atoms. The van der Waals surface area contributed by atoms with Crippen LogP contribution in [0.4, 0.5) is 0 Å². The van der Waals surface area contributed by atoms with E-state index in [0.717, 1.165) is 21.9 Å². The molecule has 0 amide bonds. The van der Waals surface area contributed by atoms with E-state index in [4.69, 9.17) is 4.74 Å². The smallest absolute Gasteiger partial charge is 0.338 e. The average Bonchev–Trinajstić information content (AvgIpc) is 3.07. The van der Waals surface area contributed by atoms with Crippen LogP contribution in [0.1, 0.15) is 41.0 Å². The topological polar surface area (TPSA) is 64.3 Å². The summed E-state index contributed by atoms with van der Waals surface area (Å²) in [6.07, 6.45) is 3.53. The zero-order chi connectivity index (χ0) is 19.1. The molecule has 5 heteroatoms. The zero-order valence-corrected chi connectivity index (χ0v) is 15.8. The maximum Gasteiger partial charge on any atom is 0.338 e. The summed E-state index contributed by atoms with van der Waals surface area (Å²) in [6.45, 7) is 5.86. The van der Waals surface area contributed by atoms with E-state index in [-0.39, 0.29) is 11.9 Å². The van der Waals surface area contributed by atoms with Crippen LogP contribution in [-0.2, 0) is 17.4 Å². The van der Waals surface area contributed by atoms with E-state index < -0.39 is 5.60 Å². The maximum absolute atomic E-state index is 11.9. The fourth-order valence-electron chi connectivity index (χ4n) is 3.44. The van der Waals surface area contributed by atoms with Gasteiger partial charge in [0.05, 0.1) is 24.7 Å². The first-order chi connectivity index (χ1) is 12.3. The summed E-state index contributed by atoms with van der Waals surface area (Å²) < 4.78 is 6.68. The molecular formula is C21H24N2O3. The molecule has 0 radical (unpaired) electrons. The Kier molecular flexibility index (Phi) is 4.59. The van der Waals surface area contributed by atoms with Crippen molar-refractivity contribution in [2.75, 3.05) is 7.11 Å². The Balaban J connectivity index is 2.17. The molecule has 0 bridgehead atoms. The number of esters is 1. The molecule has 1 heterocycles. The number of aliphatic hydroxyl groups is 1. The Hall–Kier alpha value is -2.66. The highest BCUT2D eigenvalue weighted by molar-refractivity contribution is 5.98. The normalized spacial score (nSPS) is 13.8. The third-order valence-electron chi connectivity index (χ3n) is 5.07. The fraction of sp³-hybridized carbons (Fsp3) is 0.333. The lowest BCUT2D eigenvalue weighted by Gasteiger charge is -2.31. The third-order valence-corrected chi connectivity index (χ3v) is 5.07. The van der Waals surface area contributed by atoms with Gasteiger partial charge < -0.3 is 14.4 Å². The van der Waals surface area contributed by atoms with Crippen LogP contribution in [-0.4, -0.2) is 27.7 Å². The second-order valence-electron chi connectivity index (χ2n) is 7.01. The van der Waals surface area contributed by atoms with Gasteiger partial charge in [-0.3, -0.25) is 0 Å². The van der Waals surface area contributed by atoms with E-state index in [1.165, 1.54) is 7.11 Å². The number of aromatic nitrogens is 2. The SMILES string of the molecule is COC(=O)c1ccc2cc(C(O)(c3cn(C)cn3)C(C)C)ccc2c1C. The molecule has 0 aliphatic heterocycles. The summed E-state index contributed by atoms with van der Waals surface area (Å²) in [5, 5.41) is 13.4. The second kappa shape index (κ2) is 6.57. The van der Waals surface area contributed by atoms with E-state index in [1.807, 2.05) is 62.8 Å². The monoisotopic (exact) mass is 352 g/mol. The number of methoxy groups -OCH3 is 1. The number of carbonyl (C=O) groups is 1. The number of hydrogen-bond donors (Lipinski definition) is 1. The summed E-state index contributed by atoms with van der Waals surface area (Å²) in [6, 6.07) is 9.48. The number of aryl methyl sites for hydroxylation is 2. The van der Waals surface area contributed by atoms with Gasteiger partial charge >= 0.3 is 5.97 Å². The first-order valence-corrected chi connectivity index (χ1v) is 8.62. The molecule has 3 aromatic rings. The van der Waals surface area contributed by atoms with Crippen LogP contribution < -0.4 is 0 Å². The molecule has 0 saturated heterocycles. The molecule has 0 spiro atoms. The van der Waals surface area contributed by atoms with Crippen molar-refractivity contribution in [2.45, 2.75) is 26.4 Å². The fourth-order valence-corrected chi connectivity index (χ4v) is 3.44. The number of fused-ring (bicyclic) bond motifs is 1. The van der Waals surface area contributed by atoms with Crippen molar-refractivity contribution < 1.29 is 14.6 Å². The van der Waals surface area contributed by atoms with Crippen molar-refractivity contribution in [3.8, 4) is 0 Å². The molecule has 2 aromatic carbocycles. The van der Waals surface area contributed by atoms with Gasteiger partial charge in [0.25, 0.3) is 0 Å². The summed E-state index contributed by atoms with van der Waals surface area (Å²) in [5.74, 6) is -0.411. The maximum atomic E-state index is 11.9. The van der Waals surface area contributed by atoms with E-state index in [1.54, 1.807) is 12.4 Å². The molecule has 5 nitrogen and oxygen atoms in total. The Bertz CT molecular complexity index is 975. The minimum absolute atomic E-state index is 0.0645.